The SMILES string of the molecule is C[C@@](O)(CN1CCN(c2ccc(C#N)cc2Cl)[C@H](c2ccc(Cl)cc2)C1)c1cnccn1. The Labute approximate surface area is 197 Å². The zero-order chi connectivity index (χ0) is 22.7. The van der Waals surface area contributed by atoms with Crippen molar-refractivity contribution in [3.63, 3.8) is 0 Å². The quantitative estimate of drug-likeness (QED) is 0.597. The van der Waals surface area contributed by atoms with Gasteiger partial charge in [-0.15, -0.1) is 0 Å². The summed E-state index contributed by atoms with van der Waals surface area (Å²) in [5.74, 6) is 0. The highest BCUT2D eigenvalue weighted by atomic mass is 35.5. The second kappa shape index (κ2) is 9.43. The molecule has 32 heavy (non-hydrogen) atoms. The van der Waals surface area contributed by atoms with Gasteiger partial charge in [-0.25, -0.2) is 0 Å². The summed E-state index contributed by atoms with van der Waals surface area (Å²) in [4.78, 5) is 12.9. The van der Waals surface area contributed by atoms with Crippen LogP contribution in [0.4, 0.5) is 5.69 Å². The van der Waals surface area contributed by atoms with Crippen molar-refractivity contribution in [2.24, 2.45) is 0 Å². The molecule has 1 N–H and O–H groups in total. The molecule has 1 aliphatic heterocycles. The van der Waals surface area contributed by atoms with Crippen LogP contribution in [0.25, 0.3) is 0 Å². The Hall–Kier alpha value is -2.69. The second-order valence-corrected chi connectivity index (χ2v) is 8.98. The molecule has 1 saturated heterocycles. The number of aromatic nitrogens is 2. The molecule has 6 nitrogen and oxygen atoms in total. The van der Waals surface area contributed by atoms with Gasteiger partial charge >= 0.3 is 0 Å². The Morgan fingerprint density at radius 1 is 1.16 bits per heavy atom. The normalized spacial score (nSPS) is 18.7. The fourth-order valence-corrected chi connectivity index (χ4v) is 4.56. The van der Waals surface area contributed by atoms with E-state index in [1.165, 1.54) is 0 Å². The second-order valence-electron chi connectivity index (χ2n) is 8.14. The van der Waals surface area contributed by atoms with Crippen molar-refractivity contribution in [3.05, 3.63) is 87.9 Å². The van der Waals surface area contributed by atoms with Crippen LogP contribution < -0.4 is 4.90 Å². The van der Waals surface area contributed by atoms with Crippen LogP contribution in [0.3, 0.4) is 0 Å². The molecule has 0 aliphatic carbocycles. The van der Waals surface area contributed by atoms with Crippen LogP contribution in [0.5, 0.6) is 0 Å². The van der Waals surface area contributed by atoms with Crippen LogP contribution >= 0.6 is 23.2 Å². The number of benzene rings is 2. The van der Waals surface area contributed by atoms with Gasteiger partial charge in [-0.1, -0.05) is 35.3 Å². The number of β-amino-alcohol motifs (C(OH)–C–C–N with tert-alkyl or cyclic N) is 1. The molecule has 2 heterocycles. The minimum Gasteiger partial charge on any atom is -0.382 e. The minimum absolute atomic E-state index is 0.0101. The summed E-state index contributed by atoms with van der Waals surface area (Å²) < 4.78 is 0. The van der Waals surface area contributed by atoms with Gasteiger partial charge in [0.15, 0.2) is 0 Å². The van der Waals surface area contributed by atoms with Gasteiger partial charge < -0.3 is 10.0 Å². The Morgan fingerprint density at radius 3 is 2.59 bits per heavy atom. The van der Waals surface area contributed by atoms with E-state index >= 15 is 0 Å². The van der Waals surface area contributed by atoms with Gasteiger partial charge in [-0.05, 0) is 42.8 Å². The largest absolute Gasteiger partial charge is 0.382 e. The number of anilines is 1. The molecule has 0 bridgehead atoms. The highest BCUT2D eigenvalue weighted by Crippen LogP contribution is 2.36. The topological polar surface area (TPSA) is 76.3 Å². The van der Waals surface area contributed by atoms with E-state index in [4.69, 9.17) is 23.2 Å². The number of halogens is 2. The molecular weight excluding hydrogens is 445 g/mol. The number of piperazine rings is 1. The average Bonchev–Trinajstić information content (AvgIpc) is 2.80. The number of nitrogens with zero attached hydrogens (tertiary/aromatic N) is 5. The molecule has 0 radical (unpaired) electrons. The number of hydrogen-bond donors (Lipinski definition) is 1. The predicted octanol–water partition coefficient (Wildman–Crippen LogP) is 4.43. The number of rotatable bonds is 5. The summed E-state index contributed by atoms with van der Waals surface area (Å²) in [6.45, 7) is 4.30. The zero-order valence-electron chi connectivity index (χ0n) is 17.6. The van der Waals surface area contributed by atoms with Crippen LogP contribution in [-0.4, -0.2) is 46.2 Å². The van der Waals surface area contributed by atoms with Crippen molar-refractivity contribution < 1.29 is 5.11 Å². The summed E-state index contributed by atoms with van der Waals surface area (Å²) in [6.07, 6.45) is 4.78. The minimum atomic E-state index is -1.13. The molecule has 1 aliphatic rings. The zero-order valence-corrected chi connectivity index (χ0v) is 19.1. The Bertz CT molecular complexity index is 1120. The number of nitriles is 1. The van der Waals surface area contributed by atoms with E-state index in [2.05, 4.69) is 25.8 Å². The lowest BCUT2D eigenvalue weighted by molar-refractivity contribution is 0.00647. The Morgan fingerprint density at radius 2 is 1.94 bits per heavy atom. The molecule has 0 saturated carbocycles. The van der Waals surface area contributed by atoms with Crippen molar-refractivity contribution >= 4 is 28.9 Å². The molecule has 1 aromatic heterocycles. The van der Waals surface area contributed by atoms with E-state index < -0.39 is 5.60 Å². The summed E-state index contributed by atoms with van der Waals surface area (Å²) >= 11 is 12.7. The monoisotopic (exact) mass is 467 g/mol. The molecule has 2 atom stereocenters. The van der Waals surface area contributed by atoms with E-state index in [1.807, 2.05) is 30.3 Å². The third-order valence-corrected chi connectivity index (χ3v) is 6.31. The highest BCUT2D eigenvalue weighted by molar-refractivity contribution is 6.33. The first kappa shape index (κ1) is 22.5. The van der Waals surface area contributed by atoms with E-state index in [9.17, 15) is 10.4 Å². The molecular formula is C24H23Cl2N5O. The van der Waals surface area contributed by atoms with Gasteiger partial charge in [0.1, 0.15) is 5.60 Å². The van der Waals surface area contributed by atoms with E-state index in [-0.39, 0.29) is 6.04 Å². The van der Waals surface area contributed by atoms with Crippen LogP contribution in [0.1, 0.15) is 29.8 Å². The maximum atomic E-state index is 11.1. The first-order valence-electron chi connectivity index (χ1n) is 10.3. The molecule has 4 rings (SSSR count). The maximum absolute atomic E-state index is 11.1. The standard InChI is InChI=1S/C24H23Cl2N5O/c1-24(32,23-14-28-8-9-29-23)16-30-10-11-31(21-7-2-17(13-27)12-20(21)26)22(15-30)18-3-5-19(25)6-4-18/h2-9,12,14,22,32H,10-11,15-16H2,1H3/t22-,24+/m0/s1. The molecule has 0 amide bonds. The van der Waals surface area contributed by atoms with E-state index in [1.54, 1.807) is 37.6 Å². The van der Waals surface area contributed by atoms with Crippen molar-refractivity contribution in [1.29, 1.82) is 5.26 Å². The van der Waals surface area contributed by atoms with Crippen molar-refractivity contribution in [1.82, 2.24) is 14.9 Å². The summed E-state index contributed by atoms with van der Waals surface area (Å²) in [7, 11) is 0. The Balaban J connectivity index is 1.63. The van der Waals surface area contributed by atoms with Gasteiger partial charge in [-0.3, -0.25) is 14.9 Å². The fraction of sp³-hybridized carbons (Fsp3) is 0.292. The molecule has 0 unspecified atom stereocenters. The van der Waals surface area contributed by atoms with E-state index in [0.29, 0.717) is 40.9 Å². The molecule has 164 valence electrons. The molecule has 2 aromatic carbocycles. The van der Waals surface area contributed by atoms with Gasteiger partial charge in [0.2, 0.25) is 0 Å². The highest BCUT2D eigenvalue weighted by Gasteiger charge is 2.34. The average molecular weight is 468 g/mol. The van der Waals surface area contributed by atoms with Gasteiger partial charge in [0.05, 0.1) is 40.3 Å². The van der Waals surface area contributed by atoms with E-state index in [0.717, 1.165) is 17.8 Å². The first-order valence-corrected chi connectivity index (χ1v) is 11.1. The molecule has 8 heteroatoms. The lowest BCUT2D eigenvalue weighted by Crippen LogP contribution is -2.52. The van der Waals surface area contributed by atoms with Gasteiger partial charge in [0.25, 0.3) is 0 Å². The third kappa shape index (κ3) is 4.87. The third-order valence-electron chi connectivity index (χ3n) is 5.75. The maximum Gasteiger partial charge on any atom is 0.118 e. The molecule has 0 spiro atoms. The van der Waals surface area contributed by atoms with Crippen LogP contribution in [-0.2, 0) is 5.60 Å². The number of hydrogen-bond acceptors (Lipinski definition) is 6. The van der Waals surface area contributed by atoms with Crippen LogP contribution in [0.2, 0.25) is 10.0 Å². The fourth-order valence-electron chi connectivity index (χ4n) is 4.14. The Kier molecular flexibility index (Phi) is 6.63. The van der Waals surface area contributed by atoms with Crippen LogP contribution in [0, 0.1) is 11.3 Å². The first-order chi connectivity index (χ1) is 15.4. The summed E-state index contributed by atoms with van der Waals surface area (Å²) in [5.41, 5.74) is 1.92. The van der Waals surface area contributed by atoms with Gasteiger partial charge in [0, 0.05) is 43.6 Å². The number of aliphatic hydroxyl groups is 1. The smallest absolute Gasteiger partial charge is 0.118 e. The predicted molar refractivity (Wildman–Crippen MR) is 126 cm³/mol. The van der Waals surface area contributed by atoms with Crippen molar-refractivity contribution in [2.75, 3.05) is 31.1 Å². The van der Waals surface area contributed by atoms with Crippen molar-refractivity contribution in [3.8, 4) is 6.07 Å². The summed E-state index contributed by atoms with van der Waals surface area (Å²) in [6, 6.07) is 15.3. The lowest BCUT2D eigenvalue weighted by atomic mass is 9.97. The molecule has 1 fully saturated rings. The van der Waals surface area contributed by atoms with Crippen molar-refractivity contribution in [2.45, 2.75) is 18.6 Å². The molecule has 3 aromatic rings. The summed E-state index contributed by atoms with van der Waals surface area (Å²) in [5, 5.41) is 21.5. The lowest BCUT2D eigenvalue weighted by Gasteiger charge is -2.45. The van der Waals surface area contributed by atoms with Gasteiger partial charge in [-0.2, -0.15) is 5.26 Å². The van der Waals surface area contributed by atoms with Crippen LogP contribution in [0.15, 0.2) is 61.1 Å².